The van der Waals surface area contributed by atoms with E-state index in [2.05, 4.69) is 16.4 Å². The molecule has 1 aliphatic carbocycles. The number of pyridine rings is 1. The van der Waals surface area contributed by atoms with Crippen LogP contribution >= 0.6 is 19.8 Å². The maximum absolute atomic E-state index is 13.4. The van der Waals surface area contributed by atoms with E-state index in [4.69, 9.17) is 0 Å². The van der Waals surface area contributed by atoms with Crippen molar-refractivity contribution in [2.24, 2.45) is 5.92 Å². The van der Waals surface area contributed by atoms with E-state index in [1.54, 1.807) is 12.3 Å². The minimum atomic E-state index is -4.26. The molecule has 3 aliphatic rings. The summed E-state index contributed by atoms with van der Waals surface area (Å²) in [4.78, 5) is 17.7. The molecule has 3 aromatic rings. The molecule has 176 valence electrons. The van der Waals surface area contributed by atoms with Gasteiger partial charge < -0.3 is 0 Å². The number of carbonyl (C=O) groups excluding carboxylic acids is 1. The predicted octanol–water partition coefficient (Wildman–Crippen LogP) is 6.28. The summed E-state index contributed by atoms with van der Waals surface area (Å²) in [5, 5.41) is 4.48. The van der Waals surface area contributed by atoms with Crippen molar-refractivity contribution in [2.75, 3.05) is 8.86 Å². The molecule has 2 aliphatic heterocycles. The molecule has 2 aromatic heterocycles. The summed E-state index contributed by atoms with van der Waals surface area (Å²) in [6.45, 7) is 0. The van der Waals surface area contributed by atoms with Crippen LogP contribution < -0.4 is 5.32 Å². The van der Waals surface area contributed by atoms with Crippen LogP contribution in [0.5, 0.6) is 0 Å². The van der Waals surface area contributed by atoms with Crippen LogP contribution in [0.3, 0.4) is 0 Å². The number of aromatic nitrogens is 2. The molecule has 34 heavy (non-hydrogen) atoms. The van der Waals surface area contributed by atoms with Crippen molar-refractivity contribution in [1.82, 2.24) is 14.9 Å². The van der Waals surface area contributed by atoms with Crippen LogP contribution in [0, 0.1) is 5.92 Å². The van der Waals surface area contributed by atoms with Crippen LogP contribution in [0.15, 0.2) is 72.7 Å². The number of allylic oxidation sites excluding steroid dienone is 3. The van der Waals surface area contributed by atoms with Gasteiger partial charge in [0.2, 0.25) is 0 Å². The van der Waals surface area contributed by atoms with Gasteiger partial charge in [-0.3, -0.25) is 0 Å². The number of nitrogens with one attached hydrogen (secondary N) is 1. The van der Waals surface area contributed by atoms with Crippen molar-refractivity contribution in [3.05, 3.63) is 84.0 Å². The SMILES string of the molecule is O=C(c1ccc2ncccc2c1)I1CCC2(CC1)NC1=CC(C(F)(F)F)CC=C1n1cccc12. The number of carbonyl (C=O) groups is 1. The van der Waals surface area contributed by atoms with Gasteiger partial charge in [0.15, 0.2) is 0 Å². The Morgan fingerprint density at radius 3 is 2.76 bits per heavy atom. The number of benzene rings is 1. The number of halogens is 4. The fourth-order valence-electron chi connectivity index (χ4n) is 5.24. The van der Waals surface area contributed by atoms with Crippen LogP contribution in [0.4, 0.5) is 13.2 Å². The molecule has 0 bridgehead atoms. The van der Waals surface area contributed by atoms with E-state index < -0.39 is 37.5 Å². The number of nitrogens with zero attached hydrogens (tertiary/aromatic N) is 2. The minimum absolute atomic E-state index is 0.0414. The summed E-state index contributed by atoms with van der Waals surface area (Å²) in [7, 11) is 0. The second kappa shape index (κ2) is 7.96. The third-order valence-corrected chi connectivity index (χ3v) is 12.8. The van der Waals surface area contributed by atoms with Gasteiger partial charge >= 0.3 is 203 Å². The summed E-state index contributed by atoms with van der Waals surface area (Å²) >= 11 is -1.93. The second-order valence-corrected chi connectivity index (χ2v) is 14.8. The van der Waals surface area contributed by atoms with Crippen LogP contribution in [0.1, 0.15) is 35.3 Å². The summed E-state index contributed by atoms with van der Waals surface area (Å²) in [6.07, 6.45) is 3.93. The number of hydrogen-bond acceptors (Lipinski definition) is 3. The molecule has 1 spiro atoms. The zero-order valence-corrected chi connectivity index (χ0v) is 20.4. The third kappa shape index (κ3) is 3.57. The number of alkyl halides is 5. The summed E-state index contributed by atoms with van der Waals surface area (Å²) in [5.74, 6) is -1.47. The Labute approximate surface area is 202 Å². The summed E-state index contributed by atoms with van der Waals surface area (Å²) in [5.41, 5.74) is 3.65. The van der Waals surface area contributed by atoms with Crippen LogP contribution in [0.2, 0.25) is 0 Å². The molecule has 1 saturated heterocycles. The van der Waals surface area contributed by atoms with Gasteiger partial charge in [-0.1, -0.05) is 0 Å². The first-order valence-electron chi connectivity index (χ1n) is 11.3. The normalized spacial score (nSPS) is 22.4. The topological polar surface area (TPSA) is 46.9 Å². The average molecular weight is 577 g/mol. The number of hydrogen-bond donors (Lipinski definition) is 1. The first kappa shape index (κ1) is 21.9. The van der Waals surface area contributed by atoms with Gasteiger partial charge in [0, 0.05) is 0 Å². The Morgan fingerprint density at radius 2 is 1.97 bits per heavy atom. The second-order valence-electron chi connectivity index (χ2n) is 9.04. The first-order chi connectivity index (χ1) is 16.3. The van der Waals surface area contributed by atoms with E-state index in [0.717, 1.165) is 49.6 Å². The van der Waals surface area contributed by atoms with Gasteiger partial charge in [-0.15, -0.1) is 0 Å². The van der Waals surface area contributed by atoms with Crippen LogP contribution in [-0.4, -0.2) is 28.4 Å². The zero-order chi connectivity index (χ0) is 23.5. The molecule has 4 heterocycles. The van der Waals surface area contributed by atoms with Gasteiger partial charge in [-0.25, -0.2) is 0 Å². The van der Waals surface area contributed by atoms with Crippen molar-refractivity contribution in [3.63, 3.8) is 0 Å². The van der Waals surface area contributed by atoms with Gasteiger partial charge in [0.05, 0.1) is 0 Å². The number of fused-ring (bicyclic) bond motifs is 5. The van der Waals surface area contributed by atoms with Gasteiger partial charge in [-0.05, 0) is 0 Å². The van der Waals surface area contributed by atoms with E-state index in [1.165, 1.54) is 6.08 Å². The Hall–Kier alpha value is -2.62. The third-order valence-electron chi connectivity index (χ3n) is 7.07. The van der Waals surface area contributed by atoms with Crippen molar-refractivity contribution < 1.29 is 18.0 Å². The summed E-state index contributed by atoms with van der Waals surface area (Å²) < 4.78 is 44.3. The Kier molecular flexibility index (Phi) is 5.13. The van der Waals surface area contributed by atoms with E-state index in [0.29, 0.717) is 5.70 Å². The Balaban J connectivity index is 1.26. The van der Waals surface area contributed by atoms with E-state index in [1.807, 2.05) is 47.2 Å². The molecule has 0 saturated carbocycles. The molecule has 6 rings (SSSR count). The van der Waals surface area contributed by atoms with Gasteiger partial charge in [-0.2, -0.15) is 0 Å². The molecule has 1 N–H and O–H groups in total. The van der Waals surface area contributed by atoms with Crippen LogP contribution in [0.25, 0.3) is 16.6 Å². The first-order valence-corrected chi connectivity index (χ1v) is 15.4. The average Bonchev–Trinajstić information content (AvgIpc) is 3.34. The molecular formula is C26H23F3IN3O. The molecule has 1 aromatic carbocycles. The van der Waals surface area contributed by atoms with Crippen molar-refractivity contribution >= 4 is 40.2 Å². The maximum atomic E-state index is 13.4. The van der Waals surface area contributed by atoms with Crippen LogP contribution in [-0.2, 0) is 5.54 Å². The summed E-state index contributed by atoms with van der Waals surface area (Å²) in [6, 6.07) is 13.6. The fourth-order valence-corrected chi connectivity index (χ4v) is 11.1. The van der Waals surface area contributed by atoms with Gasteiger partial charge in [0.1, 0.15) is 0 Å². The molecule has 1 atom stereocenters. The van der Waals surface area contributed by atoms with Crippen molar-refractivity contribution in [2.45, 2.75) is 31.0 Å². The molecular weight excluding hydrogens is 554 g/mol. The predicted molar refractivity (Wildman–Crippen MR) is 135 cm³/mol. The monoisotopic (exact) mass is 577 g/mol. The van der Waals surface area contributed by atoms with Crippen molar-refractivity contribution in [1.29, 1.82) is 0 Å². The van der Waals surface area contributed by atoms with E-state index >= 15 is 0 Å². The Morgan fingerprint density at radius 1 is 1.15 bits per heavy atom. The quantitative estimate of drug-likeness (QED) is 0.222. The molecule has 1 fully saturated rings. The molecule has 8 heteroatoms. The molecule has 1 unspecified atom stereocenters. The van der Waals surface area contributed by atoms with Crippen molar-refractivity contribution in [3.8, 4) is 0 Å². The molecule has 0 amide bonds. The van der Waals surface area contributed by atoms with E-state index in [9.17, 15) is 18.0 Å². The molecule has 4 nitrogen and oxygen atoms in total. The van der Waals surface area contributed by atoms with E-state index in [-0.39, 0.29) is 10.2 Å². The number of rotatable bonds is 2. The Bertz CT molecular complexity index is 1350. The molecule has 0 radical (unpaired) electrons. The van der Waals surface area contributed by atoms with Gasteiger partial charge in [0.25, 0.3) is 0 Å². The fraction of sp³-hybridized carbons (Fsp3) is 0.308. The standard InChI is InChI=1S/C26H23F3IN3O/c27-26(28,29)19-6-8-22-21(16-19)32-25(23-4-2-14-33(22)23)9-11-30(12-10-25)24(34)18-5-7-20-17(15-18)3-1-13-31-20/h1-5,7-8,13-16,19,32H,6,9-12H2. The zero-order valence-electron chi connectivity index (χ0n) is 18.3.